The number of aliphatic carboxylic acids is 1. The predicted octanol–water partition coefficient (Wildman–Crippen LogP) is 12.0. The third-order valence-corrected chi connectivity index (χ3v) is 10.2. The van der Waals surface area contributed by atoms with Gasteiger partial charge in [0.15, 0.2) is 6.10 Å². The van der Waals surface area contributed by atoms with Crippen molar-refractivity contribution in [1.29, 1.82) is 0 Å². The number of carbonyl (C=O) groups is 3. The summed E-state index contributed by atoms with van der Waals surface area (Å²) in [5.41, 5.74) is 5.33. The molecule has 0 rings (SSSR count). The number of allylic oxidation sites excluding steroid dienone is 10. The van der Waals surface area contributed by atoms with Crippen LogP contribution in [-0.4, -0.2) is 59.9 Å². The standard InChI is InChI=1S/C46H80NO10P/c1-3-5-7-9-11-13-15-17-19-20-21-22-24-26-28-30-32-34-36-38-45(49)57-42(40-55-58(52,53)56-41-43(47)46(50)51)39-54-44(48)37-35-33-31-29-27-25-23-18-16-14-12-10-8-6-4-2/h11,13-14,16-17,19,21-22,26,28,42-43H,3-10,12,15,18,20,23-25,27,29-41,47H2,1-2H3,(H,50,51)(H,52,53)/b13-11+,16-14+,19-17+,22-21+,28-26+/t42-,43+/m1/s1. The van der Waals surface area contributed by atoms with E-state index >= 15 is 0 Å². The van der Waals surface area contributed by atoms with Crippen LogP contribution in [0, 0.1) is 0 Å². The maximum absolute atomic E-state index is 12.6. The molecule has 0 bridgehead atoms. The Morgan fingerprint density at radius 3 is 1.43 bits per heavy atom. The van der Waals surface area contributed by atoms with Crippen LogP contribution in [0.25, 0.3) is 0 Å². The zero-order chi connectivity index (χ0) is 42.8. The average molecular weight is 838 g/mol. The molecule has 4 N–H and O–H groups in total. The summed E-state index contributed by atoms with van der Waals surface area (Å²) in [6.45, 7) is 2.72. The van der Waals surface area contributed by atoms with Crippen molar-refractivity contribution >= 4 is 25.7 Å². The molecule has 0 aromatic carbocycles. The summed E-state index contributed by atoms with van der Waals surface area (Å²) in [7, 11) is -4.73. The number of rotatable bonds is 41. The molecule has 0 aliphatic rings. The Morgan fingerprint density at radius 2 is 0.914 bits per heavy atom. The molecule has 0 radical (unpaired) electrons. The second kappa shape index (κ2) is 40.9. The van der Waals surface area contributed by atoms with Crippen LogP contribution in [0.15, 0.2) is 60.8 Å². The molecule has 0 aliphatic carbocycles. The van der Waals surface area contributed by atoms with E-state index in [0.717, 1.165) is 64.2 Å². The Balaban J connectivity index is 4.43. The van der Waals surface area contributed by atoms with E-state index in [1.807, 2.05) is 0 Å². The fourth-order valence-electron chi connectivity index (χ4n) is 5.69. The fraction of sp³-hybridized carbons (Fsp3) is 0.717. The normalized spacial score (nSPS) is 14.3. The largest absolute Gasteiger partial charge is 0.480 e. The van der Waals surface area contributed by atoms with Gasteiger partial charge in [0.2, 0.25) is 0 Å². The summed E-state index contributed by atoms with van der Waals surface area (Å²) in [6, 6.07) is -1.53. The van der Waals surface area contributed by atoms with Gasteiger partial charge in [-0.1, -0.05) is 145 Å². The van der Waals surface area contributed by atoms with E-state index in [1.54, 1.807) is 0 Å². The van der Waals surface area contributed by atoms with Gasteiger partial charge in [0.1, 0.15) is 12.6 Å². The average Bonchev–Trinajstić information content (AvgIpc) is 3.20. The van der Waals surface area contributed by atoms with Gasteiger partial charge < -0.3 is 25.2 Å². The van der Waals surface area contributed by atoms with Gasteiger partial charge >= 0.3 is 25.7 Å². The van der Waals surface area contributed by atoms with Crippen LogP contribution >= 0.6 is 7.82 Å². The summed E-state index contributed by atoms with van der Waals surface area (Å²) >= 11 is 0. The minimum atomic E-state index is -4.73. The molecule has 0 heterocycles. The van der Waals surface area contributed by atoms with Crippen molar-refractivity contribution < 1.29 is 47.5 Å². The lowest BCUT2D eigenvalue weighted by atomic mass is 10.1. The first-order chi connectivity index (χ1) is 28.1. The molecule has 0 amide bonds. The van der Waals surface area contributed by atoms with Crippen LogP contribution in [0.5, 0.6) is 0 Å². The van der Waals surface area contributed by atoms with Crippen LogP contribution in [0.3, 0.4) is 0 Å². The molecule has 0 spiro atoms. The number of carbonyl (C=O) groups excluding carboxylic acids is 2. The second-order valence-corrected chi connectivity index (χ2v) is 16.3. The quantitative estimate of drug-likeness (QED) is 0.0231. The van der Waals surface area contributed by atoms with Crippen LogP contribution in [0.4, 0.5) is 0 Å². The van der Waals surface area contributed by atoms with Gasteiger partial charge in [-0.15, -0.1) is 0 Å². The number of carboxylic acid groups (broad SMARTS) is 1. The van der Waals surface area contributed by atoms with Crippen molar-refractivity contribution in [3.63, 3.8) is 0 Å². The number of nitrogens with two attached hydrogens (primary N) is 1. The van der Waals surface area contributed by atoms with Crippen LogP contribution < -0.4 is 5.73 Å². The number of phosphoric ester groups is 1. The van der Waals surface area contributed by atoms with E-state index in [4.69, 9.17) is 24.8 Å². The molecule has 3 atom stereocenters. The van der Waals surface area contributed by atoms with Crippen molar-refractivity contribution in [1.82, 2.24) is 0 Å². The Kier molecular flexibility index (Phi) is 38.9. The monoisotopic (exact) mass is 838 g/mol. The summed E-state index contributed by atoms with van der Waals surface area (Å²) in [4.78, 5) is 46.0. The van der Waals surface area contributed by atoms with Crippen molar-refractivity contribution in [2.75, 3.05) is 19.8 Å². The highest BCUT2D eigenvalue weighted by atomic mass is 31.2. The van der Waals surface area contributed by atoms with E-state index in [2.05, 4.69) is 79.1 Å². The van der Waals surface area contributed by atoms with E-state index < -0.39 is 51.1 Å². The maximum atomic E-state index is 12.6. The molecule has 0 saturated heterocycles. The highest BCUT2D eigenvalue weighted by molar-refractivity contribution is 7.47. The topological polar surface area (TPSA) is 172 Å². The van der Waals surface area contributed by atoms with Crippen LogP contribution in [0.1, 0.15) is 181 Å². The number of esters is 2. The van der Waals surface area contributed by atoms with E-state index in [1.165, 1.54) is 77.0 Å². The van der Waals surface area contributed by atoms with E-state index in [9.17, 15) is 23.8 Å². The molecule has 0 aliphatic heterocycles. The van der Waals surface area contributed by atoms with Gasteiger partial charge in [0.05, 0.1) is 13.2 Å². The maximum Gasteiger partial charge on any atom is 0.472 e. The Labute approximate surface area is 351 Å². The van der Waals surface area contributed by atoms with Gasteiger partial charge in [-0.25, -0.2) is 4.57 Å². The molecule has 0 aromatic rings. The van der Waals surface area contributed by atoms with Crippen molar-refractivity contribution in [2.45, 2.75) is 193 Å². The van der Waals surface area contributed by atoms with Gasteiger partial charge in [-0.3, -0.25) is 23.4 Å². The molecule has 0 saturated carbocycles. The zero-order valence-corrected chi connectivity index (χ0v) is 37.0. The van der Waals surface area contributed by atoms with E-state index in [-0.39, 0.29) is 19.4 Å². The molecule has 58 heavy (non-hydrogen) atoms. The van der Waals surface area contributed by atoms with E-state index in [0.29, 0.717) is 12.8 Å². The number of hydrogen-bond donors (Lipinski definition) is 3. The van der Waals surface area contributed by atoms with Crippen molar-refractivity contribution in [3.05, 3.63) is 60.8 Å². The lowest BCUT2D eigenvalue weighted by Crippen LogP contribution is -2.34. The molecular weight excluding hydrogens is 757 g/mol. The highest BCUT2D eigenvalue weighted by Crippen LogP contribution is 2.43. The minimum absolute atomic E-state index is 0.121. The molecule has 1 unspecified atom stereocenters. The van der Waals surface area contributed by atoms with Crippen molar-refractivity contribution in [2.24, 2.45) is 5.73 Å². The molecular formula is C46H80NO10P. The summed E-state index contributed by atoms with van der Waals surface area (Å²) in [5, 5.41) is 8.89. The number of hydrogen-bond acceptors (Lipinski definition) is 9. The molecule has 0 aromatic heterocycles. The van der Waals surface area contributed by atoms with Gasteiger partial charge in [-0.05, 0) is 83.5 Å². The second-order valence-electron chi connectivity index (χ2n) is 14.8. The number of carboxylic acids is 1. The highest BCUT2D eigenvalue weighted by Gasteiger charge is 2.28. The smallest absolute Gasteiger partial charge is 0.472 e. The Hall–Kier alpha value is -2.82. The molecule has 11 nitrogen and oxygen atoms in total. The molecule has 334 valence electrons. The van der Waals surface area contributed by atoms with Gasteiger partial charge in [-0.2, -0.15) is 0 Å². The predicted molar refractivity (Wildman–Crippen MR) is 235 cm³/mol. The van der Waals surface area contributed by atoms with Crippen molar-refractivity contribution in [3.8, 4) is 0 Å². The summed E-state index contributed by atoms with van der Waals surface area (Å²) < 4.78 is 32.7. The SMILES string of the molecule is CCCCC/C=C/C/C=C/C/C=C/C/C=C/CCCCCC(=O)O[C@H](COC(=O)CCCCCCCCC/C=C/CCCCCC)COP(=O)(O)OC[C@H](N)C(=O)O. The number of phosphoric acid groups is 1. The lowest BCUT2D eigenvalue weighted by Gasteiger charge is -2.20. The number of ether oxygens (including phenoxy) is 2. The zero-order valence-electron chi connectivity index (χ0n) is 36.1. The molecule has 0 fully saturated rings. The first-order valence-corrected chi connectivity index (χ1v) is 23.8. The third-order valence-electron chi connectivity index (χ3n) is 9.24. The third kappa shape index (κ3) is 40.0. The number of unbranched alkanes of at least 4 members (excludes halogenated alkanes) is 17. The Bertz CT molecular complexity index is 1210. The summed E-state index contributed by atoms with van der Waals surface area (Å²) in [5.74, 6) is -2.43. The lowest BCUT2D eigenvalue weighted by molar-refractivity contribution is -0.161. The van der Waals surface area contributed by atoms with Crippen LogP contribution in [0.2, 0.25) is 0 Å². The Morgan fingerprint density at radius 1 is 0.534 bits per heavy atom. The first kappa shape index (κ1) is 55.2. The van der Waals surface area contributed by atoms with Gasteiger partial charge in [0, 0.05) is 12.8 Å². The summed E-state index contributed by atoms with van der Waals surface area (Å²) in [6.07, 6.45) is 47.1. The molecule has 12 heteroatoms. The van der Waals surface area contributed by atoms with Gasteiger partial charge in [0.25, 0.3) is 0 Å². The fourth-order valence-corrected chi connectivity index (χ4v) is 6.47. The van der Waals surface area contributed by atoms with Crippen LogP contribution in [-0.2, 0) is 37.5 Å². The minimum Gasteiger partial charge on any atom is -0.480 e. The first-order valence-electron chi connectivity index (χ1n) is 22.3.